The van der Waals surface area contributed by atoms with Gasteiger partial charge in [0, 0.05) is 29.2 Å². The Morgan fingerprint density at radius 1 is 0.678 bits per heavy atom. The van der Waals surface area contributed by atoms with Crippen LogP contribution in [0, 0.1) is 39.4 Å². The highest BCUT2D eigenvalue weighted by atomic mass is 15.2. The molecular formula is C56H73BN2. The van der Waals surface area contributed by atoms with E-state index in [0.717, 1.165) is 25.7 Å². The second-order valence-electron chi connectivity index (χ2n) is 22.7. The number of fused-ring (bicyclic) bond motifs is 4. The van der Waals surface area contributed by atoms with Crippen LogP contribution < -0.4 is 15.3 Å². The van der Waals surface area contributed by atoms with E-state index in [1.807, 2.05) is 0 Å². The standard InChI is InChI=1S/C56H73BN2/c1-53(2,3)38-24-30-44(31-25-38)58-48-34-28-42(54(4,5)6)36-46(48)57-47-37-43(56(9,10)40-20-15-12-16-21-40)29-35-49(47)59(51-23-17-22-50(58)52(51)57)45-32-26-41(27-33-45)55(7,8)39-18-13-11-14-19-39/h12-13,15-18,20,22-24,26,28-29,32-34,36-37,39-41,44,46,48-49H,11,14,19,21,25,27,30-31,35H2,1-10H3. The van der Waals surface area contributed by atoms with Gasteiger partial charge in [0.1, 0.15) is 0 Å². The van der Waals surface area contributed by atoms with Gasteiger partial charge in [0.15, 0.2) is 0 Å². The van der Waals surface area contributed by atoms with Crippen LogP contribution in [0.4, 0.5) is 11.4 Å². The van der Waals surface area contributed by atoms with Crippen molar-refractivity contribution in [1.29, 1.82) is 0 Å². The molecule has 59 heavy (non-hydrogen) atoms. The minimum absolute atomic E-state index is 0.0401. The Morgan fingerprint density at radius 2 is 1.49 bits per heavy atom. The molecule has 7 unspecified atom stereocenters. The maximum Gasteiger partial charge on any atom is 0.221 e. The van der Waals surface area contributed by atoms with Crippen molar-refractivity contribution in [3.8, 4) is 0 Å². The first-order valence-electron chi connectivity index (χ1n) is 23.7. The van der Waals surface area contributed by atoms with Crippen LogP contribution in [-0.2, 0) is 0 Å². The minimum Gasteiger partial charge on any atom is -0.362 e. The highest BCUT2D eigenvalue weighted by molar-refractivity contribution is 6.85. The second-order valence-corrected chi connectivity index (χ2v) is 22.7. The molecule has 8 aliphatic rings. The van der Waals surface area contributed by atoms with Gasteiger partial charge in [0.2, 0.25) is 6.71 Å². The molecule has 0 spiro atoms. The monoisotopic (exact) mass is 785 g/mol. The number of benzene rings is 1. The van der Waals surface area contributed by atoms with E-state index in [0.29, 0.717) is 48.4 Å². The lowest BCUT2D eigenvalue weighted by Gasteiger charge is -2.56. The quantitative estimate of drug-likeness (QED) is 0.209. The molecule has 310 valence electrons. The second kappa shape index (κ2) is 15.0. The SMILES string of the molecule is CC(C)(C)C1=CC2B3C4=CC(C(C)(C)C5C=CC=CC5)=CCC4N(C4=CCC(C(C)(C)C5C=CCCC5)C=C4)c4cccc(c43)N(C3CC=C(C(C)(C)C)CC3)C2C=C1. The first kappa shape index (κ1) is 40.7. The fourth-order valence-corrected chi connectivity index (χ4v) is 12.6. The Labute approximate surface area is 359 Å². The van der Waals surface area contributed by atoms with Crippen LogP contribution in [-0.4, -0.2) is 24.8 Å². The summed E-state index contributed by atoms with van der Waals surface area (Å²) in [4.78, 5) is 5.74. The van der Waals surface area contributed by atoms with Gasteiger partial charge in [-0.1, -0.05) is 171 Å². The van der Waals surface area contributed by atoms with Crippen molar-refractivity contribution < 1.29 is 0 Å². The Hall–Kier alpha value is -3.72. The van der Waals surface area contributed by atoms with E-state index in [4.69, 9.17) is 0 Å². The van der Waals surface area contributed by atoms with Crippen molar-refractivity contribution >= 4 is 23.6 Å². The van der Waals surface area contributed by atoms with Crippen molar-refractivity contribution in [2.24, 2.45) is 39.4 Å². The summed E-state index contributed by atoms with van der Waals surface area (Å²) < 4.78 is 0. The van der Waals surface area contributed by atoms with Crippen LogP contribution in [0.15, 0.2) is 137 Å². The highest BCUT2D eigenvalue weighted by Crippen LogP contribution is 2.53. The molecule has 0 bridgehead atoms. The zero-order chi connectivity index (χ0) is 41.5. The molecule has 0 saturated carbocycles. The van der Waals surface area contributed by atoms with E-state index >= 15 is 0 Å². The fourth-order valence-electron chi connectivity index (χ4n) is 12.6. The molecule has 1 aromatic rings. The van der Waals surface area contributed by atoms with E-state index in [9.17, 15) is 0 Å². The molecule has 7 atom stereocenters. The third kappa shape index (κ3) is 7.13. The number of hydrogen-bond acceptors (Lipinski definition) is 2. The highest BCUT2D eigenvalue weighted by Gasteiger charge is 2.53. The molecule has 9 rings (SSSR count). The third-order valence-electron chi connectivity index (χ3n) is 16.6. The summed E-state index contributed by atoms with van der Waals surface area (Å²) in [5.74, 6) is 2.05. The van der Waals surface area contributed by atoms with Gasteiger partial charge < -0.3 is 9.80 Å². The lowest BCUT2D eigenvalue weighted by Crippen LogP contribution is -2.64. The summed E-state index contributed by atoms with van der Waals surface area (Å²) in [5, 5.41) is 0. The van der Waals surface area contributed by atoms with E-state index in [2.05, 4.69) is 188 Å². The van der Waals surface area contributed by atoms with Crippen LogP contribution in [0.2, 0.25) is 5.82 Å². The number of rotatable bonds is 6. The Balaban J connectivity index is 1.19. The van der Waals surface area contributed by atoms with Crippen molar-refractivity contribution in [1.82, 2.24) is 0 Å². The predicted molar refractivity (Wildman–Crippen MR) is 257 cm³/mol. The molecule has 0 radical (unpaired) electrons. The van der Waals surface area contributed by atoms with E-state index in [1.54, 1.807) is 16.5 Å². The number of anilines is 2. The third-order valence-corrected chi connectivity index (χ3v) is 16.6. The maximum absolute atomic E-state index is 2.92. The van der Waals surface area contributed by atoms with Crippen molar-refractivity contribution in [3.63, 3.8) is 0 Å². The fraction of sp³-hybridized carbons (Fsp3) is 0.536. The Kier molecular flexibility index (Phi) is 10.4. The van der Waals surface area contributed by atoms with E-state index in [1.165, 1.54) is 60.3 Å². The van der Waals surface area contributed by atoms with Crippen molar-refractivity contribution in [2.45, 2.75) is 151 Å². The average molecular weight is 785 g/mol. The van der Waals surface area contributed by atoms with Crippen LogP contribution in [0.3, 0.4) is 0 Å². The molecule has 1 aromatic carbocycles. The molecule has 0 N–H and O–H groups in total. The zero-order valence-corrected chi connectivity index (χ0v) is 38.3. The van der Waals surface area contributed by atoms with Crippen LogP contribution in [0.25, 0.3) is 0 Å². The normalized spacial score (nSPS) is 30.5. The summed E-state index contributed by atoms with van der Waals surface area (Å²) in [6.45, 7) is 24.8. The molecule has 2 aliphatic heterocycles. The summed E-state index contributed by atoms with van der Waals surface area (Å²) in [6.07, 6.45) is 48.6. The molecule has 2 nitrogen and oxygen atoms in total. The van der Waals surface area contributed by atoms with Crippen LogP contribution >= 0.6 is 0 Å². The Morgan fingerprint density at radius 3 is 2.15 bits per heavy atom. The molecule has 6 aliphatic carbocycles. The van der Waals surface area contributed by atoms with Gasteiger partial charge in [-0.2, -0.15) is 0 Å². The summed E-state index contributed by atoms with van der Waals surface area (Å²) in [5.41, 5.74) is 12.8. The van der Waals surface area contributed by atoms with Crippen molar-refractivity contribution in [2.75, 3.05) is 9.80 Å². The molecule has 3 heteroatoms. The number of allylic oxidation sites excluding steroid dienone is 14. The lowest BCUT2D eigenvalue weighted by atomic mass is 9.27. The predicted octanol–water partition coefficient (Wildman–Crippen LogP) is 14.0. The summed E-state index contributed by atoms with van der Waals surface area (Å²) in [7, 11) is 0. The summed E-state index contributed by atoms with van der Waals surface area (Å²) >= 11 is 0. The number of hydrogen-bond donors (Lipinski definition) is 0. The molecule has 0 saturated heterocycles. The molecule has 0 fully saturated rings. The number of nitrogens with zero attached hydrogens (tertiary/aromatic N) is 2. The zero-order valence-electron chi connectivity index (χ0n) is 38.3. The van der Waals surface area contributed by atoms with Gasteiger partial charge >= 0.3 is 0 Å². The van der Waals surface area contributed by atoms with E-state index in [-0.39, 0.29) is 21.7 Å². The molecule has 0 aromatic heterocycles. The molecule has 0 amide bonds. The largest absolute Gasteiger partial charge is 0.362 e. The smallest absolute Gasteiger partial charge is 0.221 e. The van der Waals surface area contributed by atoms with Gasteiger partial charge in [-0.05, 0) is 138 Å². The van der Waals surface area contributed by atoms with Gasteiger partial charge in [-0.25, -0.2) is 0 Å². The van der Waals surface area contributed by atoms with Gasteiger partial charge in [0.25, 0.3) is 0 Å². The maximum atomic E-state index is 2.92. The van der Waals surface area contributed by atoms with Gasteiger partial charge in [-0.3, -0.25) is 0 Å². The van der Waals surface area contributed by atoms with Crippen LogP contribution in [0.1, 0.15) is 127 Å². The average Bonchev–Trinajstić information content (AvgIpc) is 3.23. The lowest BCUT2D eigenvalue weighted by molar-refractivity contribution is 0.165. The first-order valence-corrected chi connectivity index (χ1v) is 23.7. The van der Waals surface area contributed by atoms with Crippen molar-refractivity contribution in [3.05, 3.63) is 137 Å². The van der Waals surface area contributed by atoms with Gasteiger partial charge in [-0.15, -0.1) is 0 Å². The molecule has 2 heterocycles. The molecular weight excluding hydrogens is 711 g/mol. The Bertz CT molecular complexity index is 2140. The van der Waals surface area contributed by atoms with Gasteiger partial charge in [0.05, 0.1) is 6.04 Å². The van der Waals surface area contributed by atoms with Crippen LogP contribution in [0.5, 0.6) is 0 Å². The summed E-state index contributed by atoms with van der Waals surface area (Å²) in [6, 6.07) is 8.50. The first-order chi connectivity index (χ1) is 28.0. The minimum atomic E-state index is 0.0401. The topological polar surface area (TPSA) is 6.48 Å². The van der Waals surface area contributed by atoms with E-state index < -0.39 is 0 Å².